The highest BCUT2D eigenvalue weighted by Crippen LogP contribution is 2.37. The Balaban J connectivity index is 3.21. The number of allylic oxidation sites excluding steroid dienone is 1. The van der Waals surface area contributed by atoms with Crippen LogP contribution >= 0.6 is 0 Å². The van der Waals surface area contributed by atoms with Gasteiger partial charge in [0.25, 0.3) is 0 Å². The van der Waals surface area contributed by atoms with Crippen molar-refractivity contribution in [1.82, 2.24) is 4.90 Å². The van der Waals surface area contributed by atoms with Crippen molar-refractivity contribution < 1.29 is 19.8 Å². The third kappa shape index (κ3) is 2.70. The van der Waals surface area contributed by atoms with Crippen LogP contribution in [0.4, 0.5) is 0 Å². The summed E-state index contributed by atoms with van der Waals surface area (Å²) in [5.74, 6) is -2.67. The summed E-state index contributed by atoms with van der Waals surface area (Å²) < 4.78 is 0. The summed E-state index contributed by atoms with van der Waals surface area (Å²) in [4.78, 5) is 24.1. The second-order valence-corrected chi connectivity index (χ2v) is 4.58. The van der Waals surface area contributed by atoms with Crippen LogP contribution in [0.5, 0.6) is 0 Å². The number of carbonyl (C=O) groups is 2. The van der Waals surface area contributed by atoms with Crippen molar-refractivity contribution in [1.29, 1.82) is 5.26 Å². The fourth-order valence-corrected chi connectivity index (χ4v) is 2.10. The maximum absolute atomic E-state index is 11.4. The van der Waals surface area contributed by atoms with E-state index in [1.54, 1.807) is 6.92 Å². The van der Waals surface area contributed by atoms with Crippen LogP contribution in [0.3, 0.4) is 0 Å². The van der Waals surface area contributed by atoms with Gasteiger partial charge in [0.05, 0.1) is 6.07 Å². The molecule has 0 aliphatic heterocycles. The summed E-state index contributed by atoms with van der Waals surface area (Å²) in [7, 11) is 0. The minimum Gasteiger partial charge on any atom is -0.479 e. The molecule has 0 spiro atoms. The molecule has 104 valence electrons. The maximum Gasteiger partial charge on any atom is 0.341 e. The summed E-state index contributed by atoms with van der Waals surface area (Å²) in [5.41, 5.74) is -1.55. The van der Waals surface area contributed by atoms with Crippen molar-refractivity contribution >= 4 is 11.9 Å². The number of carboxylic acids is 2. The zero-order chi connectivity index (χ0) is 14.6. The predicted octanol–water partition coefficient (Wildman–Crippen LogP) is 1.44. The van der Waals surface area contributed by atoms with Gasteiger partial charge in [-0.3, -0.25) is 0 Å². The molecular formula is C13H18N2O4. The van der Waals surface area contributed by atoms with E-state index in [-0.39, 0.29) is 18.9 Å². The molecule has 0 atom stereocenters. The second kappa shape index (κ2) is 5.74. The molecule has 0 aromatic heterocycles. The molecule has 6 heteroatoms. The average molecular weight is 266 g/mol. The van der Waals surface area contributed by atoms with Crippen LogP contribution in [0.2, 0.25) is 0 Å². The summed E-state index contributed by atoms with van der Waals surface area (Å²) in [6.07, 6.45) is 3.13. The highest BCUT2D eigenvalue weighted by Gasteiger charge is 2.49. The zero-order valence-corrected chi connectivity index (χ0v) is 11.1. The predicted molar refractivity (Wildman–Crippen MR) is 67.1 cm³/mol. The first-order chi connectivity index (χ1) is 8.93. The lowest BCUT2D eigenvalue weighted by Gasteiger charge is -2.35. The van der Waals surface area contributed by atoms with Crippen molar-refractivity contribution in [2.24, 2.45) is 5.92 Å². The second-order valence-electron chi connectivity index (χ2n) is 4.58. The highest BCUT2D eigenvalue weighted by atomic mass is 16.4. The van der Waals surface area contributed by atoms with Crippen LogP contribution in [0.15, 0.2) is 11.8 Å². The van der Waals surface area contributed by atoms with E-state index in [1.165, 1.54) is 18.0 Å². The van der Waals surface area contributed by atoms with E-state index in [1.807, 2.05) is 6.07 Å². The van der Waals surface area contributed by atoms with Crippen molar-refractivity contribution in [2.75, 3.05) is 6.54 Å². The van der Waals surface area contributed by atoms with Crippen LogP contribution in [-0.4, -0.2) is 39.1 Å². The summed E-state index contributed by atoms with van der Waals surface area (Å²) in [6, 6.07) is 2.04. The van der Waals surface area contributed by atoms with Crippen LogP contribution < -0.4 is 0 Å². The Hall–Kier alpha value is -2.03. The molecule has 2 N–H and O–H groups in total. The molecule has 1 aliphatic carbocycles. The third-order valence-electron chi connectivity index (χ3n) is 3.49. The molecule has 0 unspecified atom stereocenters. The van der Waals surface area contributed by atoms with Crippen molar-refractivity contribution in [2.45, 2.75) is 38.6 Å². The molecule has 0 aromatic carbocycles. The van der Waals surface area contributed by atoms with Gasteiger partial charge in [-0.25, -0.2) is 9.59 Å². The minimum atomic E-state index is -2.01. The van der Waals surface area contributed by atoms with Crippen molar-refractivity contribution in [3.8, 4) is 6.07 Å². The average Bonchev–Trinajstić information content (AvgIpc) is 3.17. The maximum atomic E-state index is 11.4. The normalized spacial score (nSPS) is 15.7. The van der Waals surface area contributed by atoms with Crippen molar-refractivity contribution in [3.05, 3.63) is 11.8 Å². The largest absolute Gasteiger partial charge is 0.479 e. The van der Waals surface area contributed by atoms with Crippen molar-refractivity contribution in [3.63, 3.8) is 0 Å². The van der Waals surface area contributed by atoms with E-state index < -0.39 is 17.5 Å². The Kier molecular flexibility index (Phi) is 4.54. The number of hydrogen-bond acceptors (Lipinski definition) is 4. The van der Waals surface area contributed by atoms with Gasteiger partial charge in [0.1, 0.15) is 0 Å². The molecule has 1 rings (SSSR count). The Labute approximate surface area is 111 Å². The summed E-state index contributed by atoms with van der Waals surface area (Å²) in [6.45, 7) is 3.40. The number of rotatable bonds is 7. The molecule has 1 aliphatic rings. The molecule has 0 heterocycles. The quantitative estimate of drug-likeness (QED) is 0.534. The molecule has 19 heavy (non-hydrogen) atoms. The monoisotopic (exact) mass is 266 g/mol. The minimum absolute atomic E-state index is 0.0780. The van der Waals surface area contributed by atoms with Crippen LogP contribution in [0.25, 0.3) is 0 Å². The molecule has 0 aromatic rings. The fraction of sp³-hybridized carbons (Fsp3) is 0.615. The number of carboxylic acid groups (broad SMARTS) is 2. The first-order valence-corrected chi connectivity index (χ1v) is 6.29. The third-order valence-corrected chi connectivity index (χ3v) is 3.49. The van der Waals surface area contributed by atoms with Crippen LogP contribution in [-0.2, 0) is 9.59 Å². The molecule has 0 radical (unpaired) electrons. The van der Waals surface area contributed by atoms with Gasteiger partial charge in [0.2, 0.25) is 5.54 Å². The van der Waals surface area contributed by atoms with Gasteiger partial charge in [-0.2, -0.15) is 5.26 Å². The van der Waals surface area contributed by atoms with E-state index in [9.17, 15) is 19.8 Å². The zero-order valence-electron chi connectivity index (χ0n) is 11.1. The molecule has 1 fully saturated rings. The molecule has 0 bridgehead atoms. The highest BCUT2D eigenvalue weighted by molar-refractivity contribution is 6.03. The number of nitrogens with zero attached hydrogens (tertiary/aromatic N) is 2. The Morgan fingerprint density at radius 1 is 1.37 bits per heavy atom. The van der Waals surface area contributed by atoms with Crippen LogP contribution in [0, 0.1) is 17.2 Å². The van der Waals surface area contributed by atoms with E-state index in [0.29, 0.717) is 5.57 Å². The van der Waals surface area contributed by atoms with Gasteiger partial charge in [-0.15, -0.1) is 0 Å². The summed E-state index contributed by atoms with van der Waals surface area (Å²) in [5, 5.41) is 27.7. The smallest absolute Gasteiger partial charge is 0.341 e. The van der Waals surface area contributed by atoms with E-state index in [2.05, 4.69) is 0 Å². The van der Waals surface area contributed by atoms with Gasteiger partial charge < -0.3 is 15.1 Å². The van der Waals surface area contributed by atoms with E-state index in [4.69, 9.17) is 5.26 Å². The molecular weight excluding hydrogens is 248 g/mol. The standard InChI is InChI=1S/C13H18N2O4/c1-3-13(11(16)17,12(18)19)15(4-2)8-10(7-14)9-5-6-9/h8-9H,3-6H2,1-2H3,(H,16,17)(H,18,19). The van der Waals surface area contributed by atoms with E-state index >= 15 is 0 Å². The first kappa shape index (κ1) is 15.0. The van der Waals surface area contributed by atoms with E-state index in [0.717, 1.165) is 12.8 Å². The Bertz CT molecular complexity index is 432. The fourth-order valence-electron chi connectivity index (χ4n) is 2.10. The lowest BCUT2D eigenvalue weighted by molar-refractivity contribution is -0.165. The lowest BCUT2D eigenvalue weighted by atomic mass is 9.93. The first-order valence-electron chi connectivity index (χ1n) is 6.29. The van der Waals surface area contributed by atoms with Gasteiger partial charge in [-0.1, -0.05) is 6.92 Å². The SMILES string of the molecule is CCN(C=C(C#N)C1CC1)C(CC)(C(=O)O)C(=O)O. The molecule has 1 saturated carbocycles. The van der Waals surface area contributed by atoms with Gasteiger partial charge in [-0.05, 0) is 32.1 Å². The van der Waals surface area contributed by atoms with Gasteiger partial charge in [0, 0.05) is 18.3 Å². The number of hydrogen-bond donors (Lipinski definition) is 2. The Morgan fingerprint density at radius 2 is 1.89 bits per heavy atom. The molecule has 6 nitrogen and oxygen atoms in total. The van der Waals surface area contributed by atoms with Gasteiger partial charge in [0.15, 0.2) is 0 Å². The Morgan fingerprint density at radius 3 is 2.16 bits per heavy atom. The molecule has 0 amide bonds. The topological polar surface area (TPSA) is 102 Å². The number of nitriles is 1. The molecule has 0 saturated heterocycles. The number of aliphatic carboxylic acids is 2. The number of likely N-dealkylation sites (N-methyl/N-ethyl adjacent to an activating group) is 1. The van der Waals surface area contributed by atoms with Gasteiger partial charge >= 0.3 is 11.9 Å². The lowest BCUT2D eigenvalue weighted by Crippen LogP contribution is -2.58. The van der Waals surface area contributed by atoms with Crippen LogP contribution in [0.1, 0.15) is 33.1 Å². The summed E-state index contributed by atoms with van der Waals surface area (Å²) >= 11 is 0.